The van der Waals surface area contributed by atoms with Crippen molar-refractivity contribution in [3.05, 3.63) is 45.3 Å². The van der Waals surface area contributed by atoms with Crippen LogP contribution in [0.25, 0.3) is 0 Å². The predicted molar refractivity (Wildman–Crippen MR) is 85.6 cm³/mol. The second-order valence-corrected chi connectivity index (χ2v) is 5.68. The Morgan fingerprint density at radius 1 is 1.43 bits per heavy atom. The summed E-state index contributed by atoms with van der Waals surface area (Å²) in [5.74, 6) is -0.298. The summed E-state index contributed by atoms with van der Waals surface area (Å²) in [6.45, 7) is 0.513. The molecule has 5 nitrogen and oxygen atoms in total. The number of hydrogen-bond acceptors (Lipinski definition) is 5. The highest BCUT2D eigenvalue weighted by atomic mass is 35.5. The van der Waals surface area contributed by atoms with Gasteiger partial charge in [-0.3, -0.25) is 4.79 Å². The summed E-state index contributed by atoms with van der Waals surface area (Å²) < 4.78 is 0. The highest BCUT2D eigenvalue weighted by Crippen LogP contribution is 2.35. The van der Waals surface area contributed by atoms with E-state index >= 15 is 0 Å². The number of hydrogen-bond donors (Lipinski definition) is 3. The predicted octanol–water partition coefficient (Wildman–Crippen LogP) is 2.83. The second kappa shape index (κ2) is 6.48. The van der Waals surface area contributed by atoms with Gasteiger partial charge in [-0.15, -0.1) is 11.3 Å². The number of nitrogens with one attached hydrogen (secondary N) is 2. The number of rotatable bonds is 4. The fourth-order valence-electron chi connectivity index (χ4n) is 1.75. The Labute approximate surface area is 131 Å². The second-order valence-electron chi connectivity index (χ2n) is 4.22. The first-order valence-corrected chi connectivity index (χ1v) is 7.29. The molecule has 0 saturated heterocycles. The van der Waals surface area contributed by atoms with Crippen LogP contribution in [0.1, 0.15) is 20.8 Å². The molecular formula is C14H13ClN4OS. The zero-order valence-electron chi connectivity index (χ0n) is 11.2. The molecule has 1 heterocycles. The maximum Gasteiger partial charge on any atom is 0.263 e. The number of nitrogens with two attached hydrogens (primary N) is 1. The Morgan fingerprint density at radius 2 is 2.10 bits per heavy atom. The summed E-state index contributed by atoms with van der Waals surface area (Å²) in [6, 6.07) is 9.39. The minimum Gasteiger partial charge on any atom is -0.396 e. The third kappa shape index (κ3) is 3.27. The van der Waals surface area contributed by atoms with Crippen molar-refractivity contribution in [1.29, 1.82) is 5.26 Å². The third-order valence-corrected chi connectivity index (χ3v) is 4.27. The number of carbonyl (C=O) groups is 1. The standard InChI is InChI=1S/C14H13ClN4OS/c1-18-13(20)12-11(17)10(6-16)14(21-12)19-7-8-2-4-9(15)5-3-8/h2-5,19H,7,17H2,1H3,(H,18,20). The molecule has 0 spiro atoms. The van der Waals surface area contributed by atoms with E-state index in [1.165, 1.54) is 18.4 Å². The van der Waals surface area contributed by atoms with Gasteiger partial charge in [0.2, 0.25) is 0 Å². The molecule has 4 N–H and O–H groups in total. The molecule has 1 amide bonds. The van der Waals surface area contributed by atoms with Crippen LogP contribution >= 0.6 is 22.9 Å². The summed E-state index contributed by atoms with van der Waals surface area (Å²) in [5, 5.41) is 16.1. The molecule has 1 aromatic carbocycles. The van der Waals surface area contributed by atoms with Gasteiger partial charge in [-0.1, -0.05) is 23.7 Å². The Bertz CT molecular complexity index is 703. The van der Waals surface area contributed by atoms with Gasteiger partial charge < -0.3 is 16.4 Å². The summed E-state index contributed by atoms with van der Waals surface area (Å²) in [5.41, 5.74) is 7.37. The Kier molecular flexibility index (Phi) is 4.68. The van der Waals surface area contributed by atoms with Gasteiger partial charge in [0, 0.05) is 18.6 Å². The molecule has 0 bridgehead atoms. The van der Waals surface area contributed by atoms with Crippen molar-refractivity contribution < 1.29 is 4.79 Å². The van der Waals surface area contributed by atoms with Gasteiger partial charge in [-0.2, -0.15) is 5.26 Å². The van der Waals surface area contributed by atoms with Crippen molar-refractivity contribution >= 4 is 39.5 Å². The van der Waals surface area contributed by atoms with Gasteiger partial charge in [0.25, 0.3) is 5.91 Å². The third-order valence-electron chi connectivity index (χ3n) is 2.86. The maximum atomic E-state index is 11.7. The molecule has 0 fully saturated rings. The van der Waals surface area contributed by atoms with E-state index in [0.717, 1.165) is 5.56 Å². The van der Waals surface area contributed by atoms with Crippen LogP contribution in [-0.2, 0) is 6.54 Å². The van der Waals surface area contributed by atoms with Crippen LogP contribution in [0.2, 0.25) is 5.02 Å². The quantitative estimate of drug-likeness (QED) is 0.808. The molecule has 0 aliphatic rings. The number of anilines is 2. The smallest absolute Gasteiger partial charge is 0.263 e. The summed E-state index contributed by atoms with van der Waals surface area (Å²) >= 11 is 7.00. The van der Waals surface area contributed by atoms with E-state index in [1.54, 1.807) is 12.1 Å². The van der Waals surface area contributed by atoms with Crippen molar-refractivity contribution in [2.24, 2.45) is 0 Å². The Morgan fingerprint density at radius 3 is 2.67 bits per heavy atom. The average molecular weight is 321 g/mol. The van der Waals surface area contributed by atoms with E-state index in [-0.39, 0.29) is 11.6 Å². The van der Waals surface area contributed by atoms with E-state index in [4.69, 9.17) is 17.3 Å². The lowest BCUT2D eigenvalue weighted by molar-refractivity contribution is 0.0968. The summed E-state index contributed by atoms with van der Waals surface area (Å²) in [7, 11) is 1.52. The van der Waals surface area contributed by atoms with Crippen LogP contribution in [-0.4, -0.2) is 13.0 Å². The molecule has 1 aromatic heterocycles. The molecule has 7 heteroatoms. The number of carbonyl (C=O) groups excluding carboxylic acids is 1. The van der Waals surface area contributed by atoms with Crippen molar-refractivity contribution in [1.82, 2.24) is 5.32 Å². The molecular weight excluding hydrogens is 308 g/mol. The van der Waals surface area contributed by atoms with Crippen molar-refractivity contribution in [3.63, 3.8) is 0 Å². The van der Waals surface area contributed by atoms with Gasteiger partial charge >= 0.3 is 0 Å². The molecule has 0 aliphatic carbocycles. The fraction of sp³-hybridized carbons (Fsp3) is 0.143. The molecule has 2 rings (SSSR count). The fourth-order valence-corrected chi connectivity index (χ4v) is 2.89. The van der Waals surface area contributed by atoms with Gasteiger partial charge in [-0.25, -0.2) is 0 Å². The number of halogens is 1. The minimum atomic E-state index is -0.298. The highest BCUT2D eigenvalue weighted by Gasteiger charge is 2.20. The average Bonchev–Trinajstić information content (AvgIpc) is 2.82. The van der Waals surface area contributed by atoms with E-state index < -0.39 is 0 Å². The summed E-state index contributed by atoms with van der Waals surface area (Å²) in [6.07, 6.45) is 0. The maximum absolute atomic E-state index is 11.7. The lowest BCUT2D eigenvalue weighted by Gasteiger charge is -2.04. The van der Waals surface area contributed by atoms with Gasteiger partial charge in [0.1, 0.15) is 21.5 Å². The number of thiophene rings is 1. The topological polar surface area (TPSA) is 90.9 Å². The van der Waals surface area contributed by atoms with E-state index in [2.05, 4.69) is 10.6 Å². The van der Waals surface area contributed by atoms with Crippen LogP contribution in [0, 0.1) is 11.3 Å². The normalized spacial score (nSPS) is 9.95. The molecule has 0 aliphatic heterocycles. The first kappa shape index (κ1) is 15.2. The zero-order valence-corrected chi connectivity index (χ0v) is 12.8. The molecule has 0 unspecified atom stereocenters. The van der Waals surface area contributed by atoms with Crippen LogP contribution < -0.4 is 16.4 Å². The number of amides is 1. The highest BCUT2D eigenvalue weighted by molar-refractivity contribution is 7.18. The van der Waals surface area contributed by atoms with Gasteiger partial charge in [0.15, 0.2) is 0 Å². The number of nitrogens with zero attached hydrogens (tertiary/aromatic N) is 1. The minimum absolute atomic E-state index is 0.209. The first-order chi connectivity index (χ1) is 10.1. The number of nitrogen functional groups attached to an aromatic ring is 1. The number of benzene rings is 1. The Hall–Kier alpha value is -2.23. The monoisotopic (exact) mass is 320 g/mol. The molecule has 0 atom stereocenters. The molecule has 0 saturated carbocycles. The number of nitriles is 1. The van der Waals surface area contributed by atoms with Gasteiger partial charge in [-0.05, 0) is 17.7 Å². The van der Waals surface area contributed by atoms with Crippen LogP contribution in [0.4, 0.5) is 10.7 Å². The molecule has 2 aromatic rings. The van der Waals surface area contributed by atoms with Gasteiger partial charge in [0.05, 0.1) is 5.69 Å². The SMILES string of the molecule is CNC(=O)c1sc(NCc2ccc(Cl)cc2)c(C#N)c1N. The zero-order chi connectivity index (χ0) is 15.4. The van der Waals surface area contributed by atoms with E-state index in [0.29, 0.717) is 27.0 Å². The lowest BCUT2D eigenvalue weighted by Crippen LogP contribution is -2.17. The van der Waals surface area contributed by atoms with Crippen LogP contribution in [0.15, 0.2) is 24.3 Å². The van der Waals surface area contributed by atoms with Crippen LogP contribution in [0.5, 0.6) is 0 Å². The first-order valence-electron chi connectivity index (χ1n) is 6.09. The molecule has 21 heavy (non-hydrogen) atoms. The van der Waals surface area contributed by atoms with Crippen LogP contribution in [0.3, 0.4) is 0 Å². The molecule has 108 valence electrons. The van der Waals surface area contributed by atoms with Crippen molar-refractivity contribution in [3.8, 4) is 6.07 Å². The van der Waals surface area contributed by atoms with E-state index in [1.807, 2.05) is 18.2 Å². The molecule has 0 radical (unpaired) electrons. The van der Waals surface area contributed by atoms with Crippen molar-refractivity contribution in [2.75, 3.05) is 18.1 Å². The summed E-state index contributed by atoms with van der Waals surface area (Å²) in [4.78, 5) is 12.0. The van der Waals surface area contributed by atoms with Crippen molar-refractivity contribution in [2.45, 2.75) is 6.54 Å². The van der Waals surface area contributed by atoms with E-state index in [9.17, 15) is 10.1 Å². The largest absolute Gasteiger partial charge is 0.396 e. The Balaban J connectivity index is 2.22. The lowest BCUT2D eigenvalue weighted by atomic mass is 10.2.